The zero-order valence-corrected chi connectivity index (χ0v) is 166. The second-order valence-electron chi connectivity index (χ2n) is 23.7. The Morgan fingerprint density at radius 1 is 0.321 bits per heavy atom. The van der Waals surface area contributed by atoms with Crippen LogP contribution in [0.3, 0.4) is 0 Å². The average molecular weight is 3530 g/mol. The molecule has 48 unspecified atom stereocenters. The average Bonchev–Trinajstić information content (AvgIpc) is 0.795. The summed E-state index contributed by atoms with van der Waals surface area (Å²) in [6.07, 6.45) is 2.52. The first-order chi connectivity index (χ1) is 60.7. The molecule has 105 heteroatoms. The van der Waals surface area contributed by atoms with E-state index in [1.54, 1.807) is 30.3 Å². The van der Waals surface area contributed by atoms with E-state index >= 15 is 0 Å². The Bertz CT molecular complexity index is 3430. The minimum atomic E-state index is -3.43. The van der Waals surface area contributed by atoms with Crippen molar-refractivity contribution in [2.45, 2.75) is 29.5 Å². The van der Waals surface area contributed by atoms with Crippen molar-refractivity contribution in [1.29, 1.82) is 0 Å². The van der Waals surface area contributed by atoms with Crippen LogP contribution in [0, 0.1) is 0 Å². The van der Waals surface area contributed by atoms with Crippen molar-refractivity contribution in [2.24, 2.45) is 0 Å². The van der Waals surface area contributed by atoms with Gasteiger partial charge in [-0.05, 0) is 352 Å². The fourth-order valence-corrected chi connectivity index (χ4v) is 1410. The highest BCUT2D eigenvalue weighted by molar-refractivity contribution is 9.60. The van der Waals surface area contributed by atoms with Crippen LogP contribution in [0.2, 0.25) is 0 Å². The SMILES string of the molecule is Nc1ncc(-c2ccc(S(=O)(=O)C3CCOCC3)cc2)nc1-c1cc(-c2ccc(CNCF)cc2)no1.PP(P)P(P(P)P)P(P(P(P)P)P(P)P)P(P(P(P(P)P)P(P)P)P(P(P)P)P(P)P)P(P(P(P(P(P)P)P(P)P)P(P(P)P)P(P)P)P(P(P(P)P)P(P)P)P(P(P)P)P(P)P)P(P(P(P(P)P)P(P)P)P(P(P)P)P(P)P)P(P(P(P)P)P(P)P)P(P(P)P)P(P)P. The first-order valence-electron chi connectivity index (χ1n) is 33.2. The molecule has 1 fully saturated rings. The largest absolute Gasteiger partial charge is 0.382 e. The molecule has 0 amide bonds. The molecule has 9 nitrogen and oxygen atoms in total. The van der Waals surface area contributed by atoms with Gasteiger partial charge in [-0.2, -0.15) is 0 Å². The molecule has 0 spiro atoms. The summed E-state index contributed by atoms with van der Waals surface area (Å²) in [5, 5.41) is 6.34. The third kappa shape index (κ3) is 52.1. The van der Waals surface area contributed by atoms with Crippen LogP contribution in [0.4, 0.5) is 10.2 Å². The van der Waals surface area contributed by atoms with Crippen LogP contribution >= 0.6 is 750 Å². The molecule has 3 heterocycles. The molecular formula is C26H122FN5O4P94S. The molecule has 758 valence electrons. The number of rotatable bonds is 53. The molecular weight excluding hydrogens is 3410 g/mol. The van der Waals surface area contributed by atoms with E-state index in [1.165, 1.54) is 6.20 Å². The number of sulfone groups is 1. The van der Waals surface area contributed by atoms with Gasteiger partial charge in [0.05, 0.1) is 22.0 Å². The predicted octanol–water partition coefficient (Wildman–Crippen LogP) is 59.3. The maximum atomic E-state index is 13.0. The number of hydrogen-bond acceptors (Lipinski definition) is 9. The van der Waals surface area contributed by atoms with Crippen LogP contribution in [0.25, 0.3) is 34.0 Å². The lowest BCUT2D eigenvalue weighted by Crippen LogP contribution is -2.28. The molecule has 48 atom stereocenters. The molecule has 4 aromatic rings. The van der Waals surface area contributed by atoms with Gasteiger partial charge < -0.3 is 15.0 Å². The van der Waals surface area contributed by atoms with Gasteiger partial charge in [0, 0.05) is 37.0 Å². The summed E-state index contributed by atoms with van der Waals surface area (Å²) in [7, 11) is 178. The van der Waals surface area contributed by atoms with Crippen LogP contribution in [0.5, 0.6) is 0 Å². The highest BCUT2D eigenvalue weighted by atomic mass is 33.7. The third-order valence-electron chi connectivity index (χ3n) is 14.6. The summed E-state index contributed by atoms with van der Waals surface area (Å²) in [6.45, 7) is -18.9. The number of ether oxygens (including phenoxy) is 1. The van der Waals surface area contributed by atoms with Crippen molar-refractivity contribution < 1.29 is 22.1 Å². The zero-order chi connectivity index (χ0) is 100. The predicted molar refractivity (Wildman–Crippen MR) is 921 cm³/mol. The van der Waals surface area contributed by atoms with Crippen LogP contribution in [0.1, 0.15) is 18.4 Å². The molecule has 1 aliphatic rings. The normalized spacial score (nSPS) is 14.7. The molecule has 3 N–H and O–H groups in total. The van der Waals surface area contributed by atoms with Crippen molar-refractivity contribution in [1.82, 2.24) is 20.4 Å². The maximum Gasteiger partial charge on any atom is 0.189 e. The van der Waals surface area contributed by atoms with Gasteiger partial charge in [0.25, 0.3) is 0 Å². The lowest BCUT2D eigenvalue weighted by Gasteiger charge is -2.64. The lowest BCUT2D eigenvalue weighted by atomic mass is 10.1. The van der Waals surface area contributed by atoms with Crippen molar-refractivity contribution in [3.05, 3.63) is 66.4 Å². The summed E-state index contributed by atoms with van der Waals surface area (Å²) in [4.78, 5) is 9.15. The number of hydrogen-bond donors (Lipinski definition) is 2. The number of halogens is 1. The monoisotopic (exact) mass is 3530 g/mol. The zero-order valence-electron chi connectivity index (χ0n) is 68.2. The Kier molecular flexibility index (Phi) is 103. The number of nitrogens with two attached hydrogens (primary N) is 1. The van der Waals surface area contributed by atoms with Gasteiger partial charge in [-0.25, -0.2) is 22.8 Å². The van der Waals surface area contributed by atoms with Crippen molar-refractivity contribution in [3.8, 4) is 34.0 Å². The Morgan fingerprint density at radius 2 is 0.534 bits per heavy atom. The highest BCUT2D eigenvalue weighted by Gasteiger charge is 2.67. The number of nitrogens with zero attached hydrogens (tertiary/aromatic N) is 3. The van der Waals surface area contributed by atoms with E-state index in [2.05, 4.69) is 449 Å². The molecule has 1 saturated heterocycles. The smallest absolute Gasteiger partial charge is 0.189 e. The summed E-state index contributed by atoms with van der Waals surface area (Å²) in [6, 6.07) is 15.8. The van der Waals surface area contributed by atoms with E-state index in [-0.39, 0.29) is 10.7 Å². The second-order valence-corrected chi connectivity index (χ2v) is 417. The Labute approximate surface area is 949 Å². The number of anilines is 1. The van der Waals surface area contributed by atoms with Gasteiger partial charge >= 0.3 is 0 Å². The van der Waals surface area contributed by atoms with Crippen molar-refractivity contribution >= 4 is 766 Å². The molecule has 1 aliphatic heterocycles. The first kappa shape index (κ1) is 160. The second kappa shape index (κ2) is 84.6. The molecule has 0 aliphatic carbocycles. The summed E-state index contributed by atoms with van der Waals surface area (Å²) in [5.74, 6) is 0.529. The highest BCUT2D eigenvalue weighted by Crippen LogP contribution is 3.54. The first-order valence-corrected chi connectivity index (χ1v) is 206. The molecule has 2 aromatic heterocycles. The summed E-state index contributed by atoms with van der Waals surface area (Å²) in [5.41, 5.74) is 9.99. The van der Waals surface area contributed by atoms with E-state index in [0.29, 0.717) is 61.0 Å². The topological polar surface area (TPSA) is 133 Å². The van der Waals surface area contributed by atoms with E-state index in [9.17, 15) is 12.8 Å². The molecule has 2 aromatic carbocycles. The van der Waals surface area contributed by atoms with Crippen LogP contribution in [0.15, 0.2) is 70.2 Å². The minimum absolute atomic E-state index is 0.179. The number of nitrogen functional groups attached to an aromatic ring is 1. The quantitative estimate of drug-likeness (QED) is 0.0327. The number of alkyl halides is 1. The summed E-state index contributed by atoms with van der Waals surface area (Å²) < 4.78 is 49.1. The molecule has 0 saturated carbocycles. The van der Waals surface area contributed by atoms with Gasteiger partial charge in [0.15, 0.2) is 27.1 Å². The fourth-order valence-electron chi connectivity index (χ4n) is 10.0. The maximum absolute atomic E-state index is 13.0. The summed E-state index contributed by atoms with van der Waals surface area (Å²) >= 11 is 0. The fraction of sp³-hybridized carbons (Fsp3) is 0.269. The lowest BCUT2D eigenvalue weighted by molar-refractivity contribution is 0.0983. The molecule has 131 heavy (non-hydrogen) atoms. The van der Waals surface area contributed by atoms with E-state index in [0.717, 1.165) is 11.1 Å². The minimum Gasteiger partial charge on any atom is -0.382 e. The number of benzene rings is 2. The van der Waals surface area contributed by atoms with E-state index < -0.39 is 343 Å². The Morgan fingerprint density at radius 3 is 0.756 bits per heavy atom. The van der Waals surface area contributed by atoms with Crippen molar-refractivity contribution in [2.75, 3.05) is 25.7 Å². The van der Waals surface area contributed by atoms with Gasteiger partial charge in [-0.1, -0.05) is 41.6 Å². The van der Waals surface area contributed by atoms with E-state index in [4.69, 9.17) is 15.0 Å². The van der Waals surface area contributed by atoms with Gasteiger partial charge in [-0.15, -0.1) is 429 Å². The van der Waals surface area contributed by atoms with Crippen molar-refractivity contribution in [3.63, 3.8) is 0 Å². The Balaban J connectivity index is 0.000000791. The Hall–Kier alpha value is 36.7. The molecule has 0 radical (unpaired) electrons. The molecule has 0 bridgehead atoms. The van der Waals surface area contributed by atoms with E-state index in [1.807, 2.05) is 24.3 Å². The molecule has 5 rings (SSSR count). The van der Waals surface area contributed by atoms with Crippen LogP contribution in [-0.2, 0) is 21.1 Å². The number of aromatic nitrogens is 3. The number of nitrogens with one attached hydrogen (secondary N) is 1. The van der Waals surface area contributed by atoms with Gasteiger partial charge in [0.1, 0.15) is 12.5 Å². The van der Waals surface area contributed by atoms with Gasteiger partial charge in [0.2, 0.25) is 0 Å². The van der Waals surface area contributed by atoms with Gasteiger partial charge in [-0.3, -0.25) is 5.32 Å². The van der Waals surface area contributed by atoms with Crippen LogP contribution < -0.4 is 11.1 Å². The van der Waals surface area contributed by atoms with Crippen LogP contribution in [-0.4, -0.2) is 48.8 Å². The standard InChI is InChI=1S/C26H26FN5O4S.H96P94/c27-16-29-14-17-1-3-18(4-2-17)22-13-24(36-32-22)25-26(28)30-15-23(31-25)19-5-7-20(8-6-19)37(33,34)21-9-11-35-12-10-21;1-49(2)73(50(3)4)85(74(51(5)6)52(7)8)91(86(75(53(9)10)54(11)12)76(55(13)14)56(15)16)94(92(87(77(57(17)18)58(19)20)78(59(21)22)60(23)24)88(79(61(25)26)62(27)28)80(63(29)30)64(31)32)93(89(81(65(33)34)66(35)36)82(67(37)38)68(39)40)90(83(69(41)42)70(43)44)84(71(45)46)72(47)48/h1-8,13,15,21,29H,9-12,14,16H2,(H2,28,30);1-48H2. The third-order valence-corrected chi connectivity index (χ3v) is 682.